The fourth-order valence-electron chi connectivity index (χ4n) is 3.17. The maximum atomic E-state index is 12.7. The molecule has 192 valence electrons. The highest BCUT2D eigenvalue weighted by molar-refractivity contribution is 7.15. The van der Waals surface area contributed by atoms with Crippen molar-refractivity contribution < 1.29 is 35.9 Å². The largest absolute Gasteiger partial charge is 0.443 e. The van der Waals surface area contributed by atoms with Gasteiger partial charge in [-0.05, 0) is 25.1 Å². The van der Waals surface area contributed by atoms with Crippen LogP contribution >= 0.6 is 22.7 Å². The van der Waals surface area contributed by atoms with E-state index in [2.05, 4.69) is 19.9 Å². The zero-order chi connectivity index (χ0) is 27.0. The molecule has 1 aliphatic heterocycles. The molecule has 0 saturated heterocycles. The van der Waals surface area contributed by atoms with Crippen LogP contribution in [0.5, 0.6) is 0 Å². The van der Waals surface area contributed by atoms with Gasteiger partial charge in [-0.25, -0.2) is 19.9 Å². The van der Waals surface area contributed by atoms with Crippen LogP contribution < -0.4 is 0 Å². The van der Waals surface area contributed by atoms with Gasteiger partial charge in [-0.2, -0.15) is 26.3 Å². The van der Waals surface area contributed by atoms with Crippen molar-refractivity contribution in [3.63, 3.8) is 0 Å². The van der Waals surface area contributed by atoms with Gasteiger partial charge in [0.05, 0.1) is 33.9 Å². The van der Waals surface area contributed by atoms with E-state index in [0.29, 0.717) is 44.4 Å². The molecule has 1 aromatic carbocycles. The van der Waals surface area contributed by atoms with Gasteiger partial charge in [-0.15, -0.1) is 22.7 Å². The molecule has 5 rings (SSSR count). The van der Waals surface area contributed by atoms with Gasteiger partial charge in [0.15, 0.2) is 10.0 Å². The number of thiazole rings is 2. The number of hydrogen-bond acceptors (Lipinski definition) is 8. The van der Waals surface area contributed by atoms with E-state index in [1.807, 2.05) is 0 Å². The van der Waals surface area contributed by atoms with Crippen LogP contribution in [0.4, 0.5) is 26.3 Å². The number of nitrogens with zero attached hydrogens (tertiary/aromatic N) is 5. The second-order valence-corrected chi connectivity index (χ2v) is 9.70. The number of imide groups is 1. The molecule has 4 aromatic rings. The van der Waals surface area contributed by atoms with Crippen molar-refractivity contribution in [3.8, 4) is 10.6 Å². The minimum atomic E-state index is -4.53. The number of hydrogen-bond donors (Lipinski definition) is 0. The molecule has 0 bridgehead atoms. The molecular formula is C22H13F6N5O2S2. The van der Waals surface area contributed by atoms with Crippen LogP contribution in [0.25, 0.3) is 10.6 Å². The average molecular weight is 558 g/mol. The van der Waals surface area contributed by atoms with Gasteiger partial charge >= 0.3 is 12.4 Å². The van der Waals surface area contributed by atoms with Crippen LogP contribution in [-0.4, -0.2) is 36.7 Å². The van der Waals surface area contributed by atoms with Crippen LogP contribution in [0.1, 0.15) is 41.3 Å². The van der Waals surface area contributed by atoms with Crippen molar-refractivity contribution in [1.82, 2.24) is 24.8 Å². The third-order valence-electron chi connectivity index (χ3n) is 4.79. The Hall–Kier alpha value is -3.72. The van der Waals surface area contributed by atoms with Crippen molar-refractivity contribution in [2.45, 2.75) is 25.8 Å². The molecule has 0 fully saturated rings. The summed E-state index contributed by atoms with van der Waals surface area (Å²) in [4.78, 5) is 41.2. The van der Waals surface area contributed by atoms with Crippen molar-refractivity contribution >= 4 is 34.5 Å². The fourth-order valence-corrected chi connectivity index (χ4v) is 4.56. The molecule has 0 N–H and O–H groups in total. The number of halogens is 6. The molecule has 0 unspecified atom stereocenters. The lowest BCUT2D eigenvalue weighted by Gasteiger charge is -2.13. The minimum absolute atomic E-state index is 0.104. The first-order chi connectivity index (χ1) is 17.3. The molecular weight excluding hydrogens is 544 g/mol. The van der Waals surface area contributed by atoms with Crippen molar-refractivity contribution in [3.05, 3.63) is 80.8 Å². The summed E-state index contributed by atoms with van der Waals surface area (Å²) in [5.41, 5.74) is 1.20. The Morgan fingerprint density at radius 3 is 1.86 bits per heavy atom. The maximum absolute atomic E-state index is 12.7. The average Bonchev–Trinajstić information content (AvgIpc) is 3.56. The third kappa shape index (κ3) is 5.83. The summed E-state index contributed by atoms with van der Waals surface area (Å²) in [6.07, 6.45) is -5.33. The topological polar surface area (TPSA) is 88.9 Å². The number of alkyl halides is 6. The highest BCUT2D eigenvalue weighted by atomic mass is 32.1. The van der Waals surface area contributed by atoms with E-state index in [0.717, 1.165) is 11.1 Å². The van der Waals surface area contributed by atoms with Crippen LogP contribution in [0.3, 0.4) is 0 Å². The van der Waals surface area contributed by atoms with Crippen LogP contribution in [0.15, 0.2) is 49.1 Å². The number of amides is 2. The summed E-state index contributed by atoms with van der Waals surface area (Å²) < 4.78 is 73.4. The van der Waals surface area contributed by atoms with Gasteiger partial charge in [0.1, 0.15) is 6.33 Å². The first-order valence-electron chi connectivity index (χ1n) is 10.1. The van der Waals surface area contributed by atoms with Crippen molar-refractivity contribution in [1.29, 1.82) is 0 Å². The molecule has 4 heterocycles. The Morgan fingerprint density at radius 2 is 1.38 bits per heavy atom. The van der Waals surface area contributed by atoms with E-state index in [1.165, 1.54) is 18.6 Å². The van der Waals surface area contributed by atoms with Crippen molar-refractivity contribution in [2.24, 2.45) is 0 Å². The predicted molar refractivity (Wildman–Crippen MR) is 121 cm³/mol. The molecule has 0 saturated carbocycles. The standard InChI is InChI=1S/C17H9F3N4O2S.C5H4F3NS/c18-17(19,20)16-21-6-13(27-16)12-5-9(22-8-23-12)7-24-14(25)10-3-1-2-4-11(10)15(24)26;1-3-2-9-4(10-3)5(6,7)8/h1-6,8H,7H2;2H,1H3. The minimum Gasteiger partial charge on any atom is -0.269 e. The highest BCUT2D eigenvalue weighted by Gasteiger charge is 2.36. The summed E-state index contributed by atoms with van der Waals surface area (Å²) in [7, 11) is 0. The van der Waals surface area contributed by atoms with E-state index in [1.54, 1.807) is 31.2 Å². The SMILES string of the molecule is Cc1cnc(C(F)(F)F)s1.O=C1c2ccccc2C(=O)N1Cc1cc(-c2cnc(C(F)(F)F)s2)ncn1. The van der Waals surface area contributed by atoms with E-state index >= 15 is 0 Å². The van der Waals surface area contributed by atoms with Gasteiger partial charge < -0.3 is 0 Å². The quantitative estimate of drug-likeness (QED) is 0.231. The summed E-state index contributed by atoms with van der Waals surface area (Å²) in [5, 5.41) is -1.75. The molecule has 0 atom stereocenters. The molecule has 7 nitrogen and oxygen atoms in total. The molecule has 3 aromatic heterocycles. The van der Waals surface area contributed by atoms with Gasteiger partial charge in [-0.3, -0.25) is 14.5 Å². The molecule has 0 spiro atoms. The second-order valence-electron chi connectivity index (χ2n) is 7.44. The van der Waals surface area contributed by atoms with E-state index in [4.69, 9.17) is 0 Å². The molecule has 37 heavy (non-hydrogen) atoms. The van der Waals surface area contributed by atoms with Crippen molar-refractivity contribution in [2.75, 3.05) is 0 Å². The fraction of sp³-hybridized carbons (Fsp3) is 0.182. The Balaban J connectivity index is 0.000000270. The summed E-state index contributed by atoms with van der Waals surface area (Å²) in [6, 6.07) is 7.90. The highest BCUT2D eigenvalue weighted by Crippen LogP contribution is 2.36. The van der Waals surface area contributed by atoms with Crippen LogP contribution in [-0.2, 0) is 18.9 Å². The van der Waals surface area contributed by atoms with E-state index in [-0.39, 0.29) is 17.1 Å². The molecule has 0 aliphatic carbocycles. The molecule has 2 amide bonds. The molecule has 1 aliphatic rings. The predicted octanol–water partition coefficient (Wildman–Crippen LogP) is 5.89. The molecule has 15 heteroatoms. The Morgan fingerprint density at radius 1 is 0.811 bits per heavy atom. The van der Waals surface area contributed by atoms with Gasteiger partial charge in [-0.1, -0.05) is 12.1 Å². The number of aromatic nitrogens is 4. The Kier molecular flexibility index (Phi) is 7.10. The lowest BCUT2D eigenvalue weighted by Crippen LogP contribution is -2.29. The number of aryl methyl sites for hydroxylation is 1. The first-order valence-corrected chi connectivity index (χ1v) is 11.8. The number of carbonyl (C=O) groups excluding carboxylic acids is 2. The van der Waals surface area contributed by atoms with Gasteiger partial charge in [0.25, 0.3) is 11.8 Å². The summed E-state index contributed by atoms with van der Waals surface area (Å²) >= 11 is 1.12. The summed E-state index contributed by atoms with van der Waals surface area (Å²) in [6.45, 7) is 1.49. The number of rotatable bonds is 3. The second kappa shape index (κ2) is 9.97. The van der Waals surface area contributed by atoms with E-state index < -0.39 is 34.2 Å². The van der Waals surface area contributed by atoms with E-state index in [9.17, 15) is 35.9 Å². The van der Waals surface area contributed by atoms with Gasteiger partial charge in [0, 0.05) is 17.3 Å². The maximum Gasteiger partial charge on any atom is 0.443 e. The van der Waals surface area contributed by atoms with Crippen LogP contribution in [0.2, 0.25) is 0 Å². The smallest absolute Gasteiger partial charge is 0.269 e. The summed E-state index contributed by atoms with van der Waals surface area (Å²) in [5.74, 6) is -0.874. The molecule has 0 radical (unpaired) electrons. The lowest BCUT2D eigenvalue weighted by molar-refractivity contribution is -0.138. The third-order valence-corrected chi connectivity index (χ3v) is 6.81. The lowest BCUT2D eigenvalue weighted by atomic mass is 10.1. The normalized spacial score (nSPS) is 13.4. The zero-order valence-corrected chi connectivity index (χ0v) is 20.1. The number of carbonyl (C=O) groups is 2. The van der Waals surface area contributed by atoms with Crippen LogP contribution in [0, 0.1) is 6.92 Å². The first kappa shape index (κ1) is 26.3. The number of benzene rings is 1. The Labute approximate surface area is 212 Å². The number of fused-ring (bicyclic) bond motifs is 1. The van der Waals surface area contributed by atoms with Gasteiger partial charge in [0.2, 0.25) is 0 Å². The monoisotopic (exact) mass is 557 g/mol. The Bertz CT molecular complexity index is 1430. The zero-order valence-electron chi connectivity index (χ0n) is 18.5.